The van der Waals surface area contributed by atoms with Gasteiger partial charge in [-0.1, -0.05) is 6.07 Å². The lowest BCUT2D eigenvalue weighted by Crippen LogP contribution is -2.38. The Morgan fingerprint density at radius 2 is 2.00 bits per heavy atom. The predicted molar refractivity (Wildman–Crippen MR) is 91.2 cm³/mol. The second kappa shape index (κ2) is 6.19. The zero-order chi connectivity index (χ0) is 18.3. The van der Waals surface area contributed by atoms with Crippen molar-refractivity contribution in [1.82, 2.24) is 9.97 Å². The molecule has 3 heterocycles. The number of aromatic amines is 1. The third kappa shape index (κ3) is 2.58. The molecule has 2 atom stereocenters. The van der Waals surface area contributed by atoms with E-state index in [9.17, 15) is 14.9 Å². The number of ether oxygens (including phenoxy) is 2. The SMILES string of the molecule is Cc1nc2c(c(=O)[nH]1)C(c1ccc3c(c1)OCCCO3)C(C#N)C(=O)N2. The van der Waals surface area contributed by atoms with E-state index in [0.717, 1.165) is 6.42 Å². The van der Waals surface area contributed by atoms with Gasteiger partial charge in [-0.05, 0) is 24.6 Å². The molecule has 0 spiro atoms. The molecule has 0 aliphatic carbocycles. The van der Waals surface area contributed by atoms with E-state index >= 15 is 0 Å². The second-order valence-electron chi connectivity index (χ2n) is 6.24. The van der Waals surface area contributed by atoms with Gasteiger partial charge in [0.15, 0.2) is 11.5 Å². The van der Waals surface area contributed by atoms with Gasteiger partial charge >= 0.3 is 0 Å². The minimum Gasteiger partial charge on any atom is -0.490 e. The van der Waals surface area contributed by atoms with Crippen LogP contribution < -0.4 is 20.3 Å². The van der Waals surface area contributed by atoms with Crippen LogP contribution in [0, 0.1) is 24.2 Å². The summed E-state index contributed by atoms with van der Waals surface area (Å²) in [5.41, 5.74) is 0.536. The molecule has 2 aliphatic heterocycles. The van der Waals surface area contributed by atoms with Crippen LogP contribution in [0.15, 0.2) is 23.0 Å². The summed E-state index contributed by atoms with van der Waals surface area (Å²) in [6.45, 7) is 2.71. The Balaban J connectivity index is 1.90. The molecule has 26 heavy (non-hydrogen) atoms. The molecule has 0 fully saturated rings. The highest BCUT2D eigenvalue weighted by Crippen LogP contribution is 2.41. The van der Waals surface area contributed by atoms with Crippen LogP contribution in [0.3, 0.4) is 0 Å². The summed E-state index contributed by atoms with van der Waals surface area (Å²) in [6.07, 6.45) is 0.766. The number of hydrogen-bond acceptors (Lipinski definition) is 6. The zero-order valence-electron chi connectivity index (χ0n) is 14.0. The molecule has 2 unspecified atom stereocenters. The van der Waals surface area contributed by atoms with Crippen molar-refractivity contribution in [2.45, 2.75) is 19.3 Å². The van der Waals surface area contributed by atoms with E-state index in [1.807, 2.05) is 6.07 Å². The van der Waals surface area contributed by atoms with Crippen molar-refractivity contribution in [2.24, 2.45) is 5.92 Å². The van der Waals surface area contributed by atoms with Crippen LogP contribution in [0.25, 0.3) is 0 Å². The molecule has 1 amide bonds. The summed E-state index contributed by atoms with van der Waals surface area (Å²) in [5, 5.41) is 12.1. The van der Waals surface area contributed by atoms with Gasteiger partial charge in [0.1, 0.15) is 17.6 Å². The molecule has 4 rings (SSSR count). The van der Waals surface area contributed by atoms with Gasteiger partial charge in [0.05, 0.1) is 24.8 Å². The third-order valence-corrected chi connectivity index (χ3v) is 4.51. The van der Waals surface area contributed by atoms with Crippen LogP contribution in [-0.4, -0.2) is 29.1 Å². The maximum atomic E-state index is 12.6. The summed E-state index contributed by atoms with van der Waals surface area (Å²) in [7, 11) is 0. The fraction of sp³-hybridized carbons (Fsp3) is 0.333. The third-order valence-electron chi connectivity index (χ3n) is 4.51. The number of hydrogen-bond donors (Lipinski definition) is 2. The Hall–Kier alpha value is -3.34. The summed E-state index contributed by atoms with van der Waals surface area (Å²) >= 11 is 0. The first-order chi connectivity index (χ1) is 12.6. The molecular formula is C18H16N4O4. The molecule has 1 aromatic heterocycles. The molecule has 2 aliphatic rings. The normalized spacial score (nSPS) is 21.2. The molecular weight excluding hydrogens is 336 g/mol. The highest BCUT2D eigenvalue weighted by molar-refractivity contribution is 5.97. The maximum Gasteiger partial charge on any atom is 0.256 e. The number of nitrogens with one attached hydrogen (secondary N) is 2. The van der Waals surface area contributed by atoms with Crippen molar-refractivity contribution in [2.75, 3.05) is 18.5 Å². The molecule has 0 radical (unpaired) electrons. The number of rotatable bonds is 1. The van der Waals surface area contributed by atoms with Crippen LogP contribution >= 0.6 is 0 Å². The van der Waals surface area contributed by atoms with Gasteiger partial charge in [0.2, 0.25) is 5.91 Å². The average Bonchev–Trinajstić information content (AvgIpc) is 2.84. The molecule has 0 saturated heterocycles. The second-order valence-corrected chi connectivity index (χ2v) is 6.24. The van der Waals surface area contributed by atoms with E-state index < -0.39 is 17.7 Å². The number of anilines is 1. The molecule has 1 aromatic carbocycles. The minimum atomic E-state index is -1.04. The number of nitriles is 1. The van der Waals surface area contributed by atoms with E-state index in [1.54, 1.807) is 25.1 Å². The van der Waals surface area contributed by atoms with Crippen molar-refractivity contribution in [3.63, 3.8) is 0 Å². The Bertz CT molecular complexity index is 992. The van der Waals surface area contributed by atoms with Gasteiger partial charge in [-0.25, -0.2) is 4.98 Å². The fourth-order valence-corrected chi connectivity index (χ4v) is 3.36. The summed E-state index contributed by atoms with van der Waals surface area (Å²) in [6, 6.07) is 7.24. The van der Waals surface area contributed by atoms with E-state index in [0.29, 0.717) is 36.1 Å². The fourth-order valence-electron chi connectivity index (χ4n) is 3.36. The highest BCUT2D eigenvalue weighted by Gasteiger charge is 2.40. The molecule has 2 N–H and O–H groups in total. The standard InChI is InChI=1S/C18H16N4O4/c1-9-20-16-15(18(24)21-9)14(11(8-19)17(23)22-16)10-3-4-12-13(7-10)26-6-2-5-25-12/h3-4,7,11,14H,2,5-6H2,1H3,(H2,20,21,22,23,24). The Labute approximate surface area is 148 Å². The van der Waals surface area contributed by atoms with Gasteiger partial charge in [0, 0.05) is 12.3 Å². The summed E-state index contributed by atoms with van der Waals surface area (Å²) < 4.78 is 11.3. The number of benzene rings is 1. The number of amides is 1. The molecule has 8 nitrogen and oxygen atoms in total. The van der Waals surface area contributed by atoms with Crippen molar-refractivity contribution in [3.05, 3.63) is 45.5 Å². The van der Waals surface area contributed by atoms with Crippen molar-refractivity contribution < 1.29 is 14.3 Å². The van der Waals surface area contributed by atoms with Crippen molar-refractivity contribution >= 4 is 11.7 Å². The van der Waals surface area contributed by atoms with Crippen LogP contribution in [0.4, 0.5) is 5.82 Å². The number of aromatic nitrogens is 2. The van der Waals surface area contributed by atoms with E-state index in [-0.39, 0.29) is 16.9 Å². The van der Waals surface area contributed by atoms with Crippen LogP contribution in [0.2, 0.25) is 0 Å². The monoisotopic (exact) mass is 352 g/mol. The van der Waals surface area contributed by atoms with Crippen LogP contribution in [0.1, 0.15) is 29.3 Å². The molecule has 8 heteroatoms. The molecule has 2 aromatic rings. The Kier molecular flexibility index (Phi) is 3.84. The largest absolute Gasteiger partial charge is 0.490 e. The number of carbonyl (C=O) groups excluding carboxylic acids is 1. The number of fused-ring (bicyclic) bond motifs is 2. The lowest BCUT2D eigenvalue weighted by molar-refractivity contribution is -0.119. The topological polar surface area (TPSA) is 117 Å². The van der Waals surface area contributed by atoms with E-state index in [1.165, 1.54) is 0 Å². The number of carbonyl (C=O) groups is 1. The predicted octanol–water partition coefficient (Wildman–Crippen LogP) is 1.46. The molecule has 0 bridgehead atoms. The van der Waals surface area contributed by atoms with Crippen molar-refractivity contribution in [1.29, 1.82) is 5.26 Å². The first kappa shape index (κ1) is 16.1. The van der Waals surface area contributed by atoms with E-state index in [4.69, 9.17) is 9.47 Å². The number of H-pyrrole nitrogens is 1. The minimum absolute atomic E-state index is 0.194. The Morgan fingerprint density at radius 1 is 1.23 bits per heavy atom. The Morgan fingerprint density at radius 3 is 2.77 bits per heavy atom. The summed E-state index contributed by atoms with van der Waals surface area (Å²) in [5.74, 6) is -0.524. The van der Waals surface area contributed by atoms with Crippen LogP contribution in [0.5, 0.6) is 11.5 Å². The number of nitrogens with zero attached hydrogens (tertiary/aromatic N) is 2. The number of aryl methyl sites for hydroxylation is 1. The quantitative estimate of drug-likeness (QED) is 0.802. The first-order valence-electron chi connectivity index (χ1n) is 8.29. The van der Waals surface area contributed by atoms with Gasteiger partial charge in [-0.2, -0.15) is 5.26 Å². The highest BCUT2D eigenvalue weighted by atomic mass is 16.5. The molecule has 0 saturated carbocycles. The van der Waals surface area contributed by atoms with E-state index in [2.05, 4.69) is 15.3 Å². The maximum absolute atomic E-state index is 12.6. The molecule has 132 valence electrons. The lowest BCUT2D eigenvalue weighted by Gasteiger charge is -2.28. The van der Waals surface area contributed by atoms with Crippen LogP contribution in [-0.2, 0) is 4.79 Å². The lowest BCUT2D eigenvalue weighted by atomic mass is 9.79. The smallest absolute Gasteiger partial charge is 0.256 e. The zero-order valence-corrected chi connectivity index (χ0v) is 14.0. The van der Waals surface area contributed by atoms with Gasteiger partial charge in [-0.15, -0.1) is 0 Å². The van der Waals surface area contributed by atoms with Gasteiger partial charge < -0.3 is 19.8 Å². The van der Waals surface area contributed by atoms with Crippen molar-refractivity contribution in [3.8, 4) is 17.6 Å². The summed E-state index contributed by atoms with van der Waals surface area (Å²) in [4.78, 5) is 31.8. The van der Waals surface area contributed by atoms with Gasteiger partial charge in [-0.3, -0.25) is 9.59 Å². The first-order valence-corrected chi connectivity index (χ1v) is 8.29. The van der Waals surface area contributed by atoms with Gasteiger partial charge in [0.25, 0.3) is 5.56 Å². The average molecular weight is 352 g/mol.